The minimum absolute atomic E-state index is 0.619. The smallest absolute Gasteiger partial charge is 0.165 e. The van der Waals surface area contributed by atoms with Gasteiger partial charge in [-0.1, -0.05) is 322 Å². The van der Waals surface area contributed by atoms with E-state index in [1.807, 2.05) is 36.4 Å². The van der Waals surface area contributed by atoms with Crippen molar-refractivity contribution in [1.29, 1.82) is 0 Å². The van der Waals surface area contributed by atoms with Gasteiger partial charge in [0, 0.05) is 73.7 Å². The van der Waals surface area contributed by atoms with Crippen molar-refractivity contribution in [2.45, 2.75) is 0 Å². The van der Waals surface area contributed by atoms with Crippen LogP contribution >= 0.6 is 22.7 Å². The Morgan fingerprint density at radius 1 is 0.155 bits per heavy atom. The highest BCUT2D eigenvalue weighted by molar-refractivity contribution is 7.26. The highest BCUT2D eigenvalue weighted by Gasteiger charge is 2.23. The van der Waals surface area contributed by atoms with Gasteiger partial charge in [0.1, 0.15) is 0 Å². The van der Waals surface area contributed by atoms with Gasteiger partial charge in [-0.25, -0.2) is 29.9 Å². The SMILES string of the molecule is c1ccc(-c2nc(-c3ccc(-c4cccc(-c5ccc(-c6cccc(-c7ccc8c(c7)sc7c(-c9nc(-c%10ccccc%10)nc(-c%10ccc(-c%11cccc(-c%12c(-c%13ccccc%13)ccc%13ccccc%12%13)c%11)c%11ccccc%10%11)n9)cccc78)c6)cc5)c4)c4ccccc34)nc(-c3cccc4c3sc3ccccc34)n2)cc1. The van der Waals surface area contributed by atoms with Gasteiger partial charge in [-0.05, 0) is 165 Å². The van der Waals surface area contributed by atoms with E-state index in [0.717, 1.165) is 120 Å². The van der Waals surface area contributed by atoms with E-state index in [-0.39, 0.29) is 0 Å². The molecule has 0 spiro atoms. The first-order valence-electron chi connectivity index (χ1n) is 37.0. The average molecular weight is 1440 g/mol. The van der Waals surface area contributed by atoms with E-state index in [0.29, 0.717) is 34.9 Å². The first-order valence-corrected chi connectivity index (χ1v) is 38.7. The van der Waals surface area contributed by atoms with Crippen LogP contribution in [-0.4, -0.2) is 29.9 Å². The second-order valence-corrected chi connectivity index (χ2v) is 30.0. The van der Waals surface area contributed by atoms with Gasteiger partial charge < -0.3 is 0 Å². The summed E-state index contributed by atoms with van der Waals surface area (Å²) in [5.41, 5.74) is 21.9. The normalized spacial score (nSPS) is 11.6. The van der Waals surface area contributed by atoms with Gasteiger partial charge in [0.15, 0.2) is 34.9 Å². The van der Waals surface area contributed by atoms with Crippen molar-refractivity contribution >= 4 is 95.3 Å². The number of nitrogens with zero attached hydrogens (tertiary/aromatic N) is 6. The van der Waals surface area contributed by atoms with Crippen molar-refractivity contribution in [3.8, 4) is 146 Å². The molecule has 4 aromatic heterocycles. The molecular formula is C102H62N6S2. The fourth-order valence-corrected chi connectivity index (χ4v) is 18.6. The van der Waals surface area contributed by atoms with Crippen LogP contribution in [0.3, 0.4) is 0 Å². The van der Waals surface area contributed by atoms with Gasteiger partial charge in [0.2, 0.25) is 0 Å². The number of rotatable bonds is 13. The summed E-state index contributed by atoms with van der Waals surface area (Å²) in [6, 6.07) is 135. The molecule has 0 unspecified atom stereocenters. The van der Waals surface area contributed by atoms with Crippen LogP contribution in [0.25, 0.3) is 219 Å². The first kappa shape index (κ1) is 64.4. The zero-order chi connectivity index (χ0) is 72.6. The standard InChI is InChI=1S/C102H62N6S2/c1-4-23-65(24-5-1)79-53-51-66-25-10-11-36-78(66)94(79)75-35-20-34-74(61-75)77-56-58-89(83-40-15-13-38-81(77)83)100-104-98(68-28-8-3-9-29-68)106-102(108-100)91-45-22-43-87-85-54-52-72(62-93(85)110-96(87)91)71-32-18-30-69(59-71)63-47-49-64(50-48-63)70-31-19-33-73(60-70)76-55-57-88(82-39-14-12-37-80(76)82)99-103-97(67-26-6-2-7-27-67)105-101(107-99)90-44-21-42-86-84-41-16-17-46-92(84)109-95(86)90/h1-62H. The summed E-state index contributed by atoms with van der Waals surface area (Å²) in [4.78, 5) is 31.9. The third-order valence-corrected chi connectivity index (χ3v) is 23.9. The Kier molecular flexibility index (Phi) is 15.9. The molecule has 6 nitrogen and oxygen atoms in total. The molecule has 0 saturated heterocycles. The average Bonchev–Trinajstić information content (AvgIpc) is 1.51. The molecule has 17 aromatic carbocycles. The third-order valence-electron chi connectivity index (χ3n) is 21.4. The maximum Gasteiger partial charge on any atom is 0.165 e. The van der Waals surface area contributed by atoms with E-state index in [1.54, 1.807) is 22.7 Å². The molecule has 21 rings (SSSR count). The Bertz CT molecular complexity index is 7210. The summed E-state index contributed by atoms with van der Waals surface area (Å²) in [5.74, 6) is 3.79. The Hall–Kier alpha value is -14.0. The van der Waals surface area contributed by atoms with Crippen molar-refractivity contribution in [3.63, 3.8) is 0 Å². The molecule has 0 aliphatic rings. The Morgan fingerprint density at radius 3 is 1.04 bits per heavy atom. The van der Waals surface area contributed by atoms with Crippen LogP contribution < -0.4 is 0 Å². The number of thiophene rings is 2. The van der Waals surface area contributed by atoms with Gasteiger partial charge in [-0.3, -0.25) is 0 Å². The van der Waals surface area contributed by atoms with Gasteiger partial charge in [0.25, 0.3) is 0 Å². The molecule has 512 valence electrons. The van der Waals surface area contributed by atoms with Crippen molar-refractivity contribution < 1.29 is 0 Å². The minimum Gasteiger partial charge on any atom is -0.208 e. The number of hydrogen-bond donors (Lipinski definition) is 0. The summed E-state index contributed by atoms with van der Waals surface area (Å²) in [5, 5.41) is 11.6. The van der Waals surface area contributed by atoms with Crippen LogP contribution in [0, 0.1) is 0 Å². The number of benzene rings is 17. The lowest BCUT2D eigenvalue weighted by Crippen LogP contribution is -2.01. The van der Waals surface area contributed by atoms with E-state index in [2.05, 4.69) is 340 Å². The van der Waals surface area contributed by atoms with E-state index in [9.17, 15) is 0 Å². The maximum absolute atomic E-state index is 5.46. The highest BCUT2D eigenvalue weighted by Crippen LogP contribution is 2.47. The molecular weight excluding hydrogens is 1370 g/mol. The van der Waals surface area contributed by atoms with Gasteiger partial charge >= 0.3 is 0 Å². The molecule has 0 bridgehead atoms. The van der Waals surface area contributed by atoms with E-state index >= 15 is 0 Å². The fraction of sp³-hybridized carbons (Fsp3) is 0. The lowest BCUT2D eigenvalue weighted by Gasteiger charge is -2.16. The zero-order valence-corrected chi connectivity index (χ0v) is 60.9. The van der Waals surface area contributed by atoms with E-state index < -0.39 is 0 Å². The largest absolute Gasteiger partial charge is 0.208 e. The lowest BCUT2D eigenvalue weighted by atomic mass is 9.88. The predicted molar refractivity (Wildman–Crippen MR) is 462 cm³/mol. The monoisotopic (exact) mass is 1430 g/mol. The molecule has 110 heavy (non-hydrogen) atoms. The molecule has 0 aliphatic heterocycles. The van der Waals surface area contributed by atoms with Crippen molar-refractivity contribution in [1.82, 2.24) is 29.9 Å². The van der Waals surface area contributed by atoms with Crippen molar-refractivity contribution in [2.75, 3.05) is 0 Å². The van der Waals surface area contributed by atoms with Crippen LogP contribution in [0.1, 0.15) is 0 Å². The molecule has 0 amide bonds. The summed E-state index contributed by atoms with van der Waals surface area (Å²) < 4.78 is 4.72. The molecule has 8 heteroatoms. The van der Waals surface area contributed by atoms with Crippen LogP contribution in [0.4, 0.5) is 0 Å². The predicted octanol–water partition coefficient (Wildman–Crippen LogP) is 27.9. The van der Waals surface area contributed by atoms with E-state index in [4.69, 9.17) is 29.9 Å². The quantitative estimate of drug-likeness (QED) is 0.114. The Morgan fingerprint density at radius 2 is 0.491 bits per heavy atom. The van der Waals surface area contributed by atoms with E-state index in [1.165, 1.54) is 64.0 Å². The van der Waals surface area contributed by atoms with Crippen molar-refractivity contribution in [3.05, 3.63) is 376 Å². The second kappa shape index (κ2) is 27.1. The van der Waals surface area contributed by atoms with Crippen LogP contribution in [-0.2, 0) is 0 Å². The Labute approximate surface area is 643 Å². The molecule has 0 fully saturated rings. The van der Waals surface area contributed by atoms with Crippen LogP contribution in [0.5, 0.6) is 0 Å². The molecule has 0 aliphatic carbocycles. The first-order chi connectivity index (χ1) is 54.5. The fourth-order valence-electron chi connectivity index (χ4n) is 16.1. The summed E-state index contributed by atoms with van der Waals surface area (Å²) in [7, 11) is 0. The molecule has 0 atom stereocenters. The second-order valence-electron chi connectivity index (χ2n) is 27.9. The Balaban J connectivity index is 0.581. The molecule has 0 saturated carbocycles. The zero-order valence-electron chi connectivity index (χ0n) is 59.3. The van der Waals surface area contributed by atoms with Gasteiger partial charge in [0.05, 0.1) is 0 Å². The number of hydrogen-bond acceptors (Lipinski definition) is 8. The molecule has 4 heterocycles. The van der Waals surface area contributed by atoms with Gasteiger partial charge in [-0.2, -0.15) is 0 Å². The number of aromatic nitrogens is 6. The summed E-state index contributed by atoms with van der Waals surface area (Å²) in [6.45, 7) is 0. The number of fused-ring (bicyclic) bond motifs is 9. The molecule has 0 N–H and O–H groups in total. The summed E-state index contributed by atoms with van der Waals surface area (Å²) in [6.07, 6.45) is 0. The van der Waals surface area contributed by atoms with Gasteiger partial charge in [-0.15, -0.1) is 22.7 Å². The lowest BCUT2D eigenvalue weighted by molar-refractivity contribution is 1.08. The van der Waals surface area contributed by atoms with Crippen LogP contribution in [0.15, 0.2) is 376 Å². The maximum atomic E-state index is 5.46. The third kappa shape index (κ3) is 11.5. The highest BCUT2D eigenvalue weighted by atomic mass is 32.1. The topological polar surface area (TPSA) is 77.3 Å². The molecule has 21 aromatic rings. The molecule has 0 radical (unpaired) electrons. The summed E-state index contributed by atoms with van der Waals surface area (Å²) >= 11 is 3.57. The van der Waals surface area contributed by atoms with Crippen LogP contribution in [0.2, 0.25) is 0 Å². The minimum atomic E-state index is 0.619. The van der Waals surface area contributed by atoms with Crippen molar-refractivity contribution in [2.24, 2.45) is 0 Å².